The first-order valence-electron chi connectivity index (χ1n) is 6.69. The molecule has 1 rings (SSSR count). The van der Waals surface area contributed by atoms with E-state index >= 15 is 0 Å². The van der Waals surface area contributed by atoms with Crippen LogP contribution < -0.4 is 10.6 Å². The molecule has 1 aromatic rings. The highest BCUT2D eigenvalue weighted by molar-refractivity contribution is 14.0. The van der Waals surface area contributed by atoms with Crippen LogP contribution in [0, 0.1) is 0 Å². The molecular weight excluding hydrogens is 430 g/mol. The first-order chi connectivity index (χ1) is 10.0. The molecule has 1 heterocycles. The summed E-state index contributed by atoms with van der Waals surface area (Å²) in [6.07, 6.45) is -3.77. The summed E-state index contributed by atoms with van der Waals surface area (Å²) < 4.78 is 40.1. The lowest BCUT2D eigenvalue weighted by atomic mass is 10.3. The fourth-order valence-electron chi connectivity index (χ4n) is 1.46. The minimum Gasteiger partial charge on any atom is -0.372 e. The average Bonchev–Trinajstić information content (AvgIpc) is 2.91. The Bertz CT molecular complexity index is 413. The van der Waals surface area contributed by atoms with Gasteiger partial charge in [0.25, 0.3) is 0 Å². The van der Waals surface area contributed by atoms with Gasteiger partial charge in [0.15, 0.2) is 5.96 Å². The maximum absolute atomic E-state index is 11.9. The Hall–Kier alpha value is -0.550. The molecule has 0 aliphatic heterocycles. The van der Waals surface area contributed by atoms with Crippen LogP contribution in [0.4, 0.5) is 13.2 Å². The highest BCUT2D eigenvalue weighted by Crippen LogP contribution is 2.14. The molecular formula is C13H21F3IN3OS. The summed E-state index contributed by atoms with van der Waals surface area (Å²) in [7, 11) is 0. The van der Waals surface area contributed by atoms with Crippen molar-refractivity contribution >= 4 is 41.3 Å². The number of thiophene rings is 1. The molecule has 0 radical (unpaired) electrons. The highest BCUT2D eigenvalue weighted by atomic mass is 127. The zero-order chi connectivity index (χ0) is 15.6. The molecule has 0 spiro atoms. The second-order valence-electron chi connectivity index (χ2n) is 4.27. The summed E-state index contributed by atoms with van der Waals surface area (Å²) in [5.74, 6) is 0.652. The minimum absolute atomic E-state index is 0. The molecule has 0 bridgehead atoms. The van der Waals surface area contributed by atoms with Crippen molar-refractivity contribution in [1.82, 2.24) is 10.6 Å². The summed E-state index contributed by atoms with van der Waals surface area (Å²) in [5, 5.41) is 10.2. The summed E-state index contributed by atoms with van der Waals surface area (Å²) in [6, 6.07) is 2.00. The van der Waals surface area contributed by atoms with E-state index in [2.05, 4.69) is 20.4 Å². The quantitative estimate of drug-likeness (QED) is 0.276. The van der Waals surface area contributed by atoms with Crippen LogP contribution in [0.25, 0.3) is 0 Å². The Morgan fingerprint density at radius 2 is 2.14 bits per heavy atom. The maximum atomic E-state index is 11.9. The molecule has 0 amide bonds. The zero-order valence-corrected chi connectivity index (χ0v) is 15.4. The lowest BCUT2D eigenvalue weighted by molar-refractivity contribution is -0.173. The molecule has 0 fully saturated rings. The van der Waals surface area contributed by atoms with Crippen molar-refractivity contribution in [3.63, 3.8) is 0 Å². The van der Waals surface area contributed by atoms with Gasteiger partial charge in [0.2, 0.25) is 0 Å². The van der Waals surface area contributed by atoms with Crippen molar-refractivity contribution < 1.29 is 17.9 Å². The minimum atomic E-state index is -4.26. The molecule has 0 saturated carbocycles. The predicted molar refractivity (Wildman–Crippen MR) is 94.0 cm³/mol. The number of guanidine groups is 1. The van der Waals surface area contributed by atoms with Gasteiger partial charge in [0, 0.05) is 19.7 Å². The van der Waals surface area contributed by atoms with Crippen LogP contribution >= 0.6 is 35.3 Å². The molecule has 4 nitrogen and oxygen atoms in total. The number of hydrogen-bond donors (Lipinski definition) is 2. The molecule has 0 saturated heterocycles. The molecule has 1 aromatic heterocycles. The topological polar surface area (TPSA) is 45.7 Å². The van der Waals surface area contributed by atoms with E-state index in [0.717, 1.165) is 12.1 Å². The number of rotatable bonds is 8. The van der Waals surface area contributed by atoms with Crippen LogP contribution in [-0.4, -0.2) is 38.4 Å². The number of aliphatic imine (C=N–C) groups is 1. The molecule has 22 heavy (non-hydrogen) atoms. The molecule has 0 aromatic carbocycles. The number of nitrogens with one attached hydrogen (secondary N) is 2. The summed E-state index contributed by atoms with van der Waals surface area (Å²) in [4.78, 5) is 4.39. The number of ether oxygens (including phenoxy) is 1. The van der Waals surface area contributed by atoms with Crippen molar-refractivity contribution in [2.75, 3.05) is 26.3 Å². The lowest BCUT2D eigenvalue weighted by Crippen LogP contribution is -2.38. The van der Waals surface area contributed by atoms with Crippen molar-refractivity contribution in [3.05, 3.63) is 22.4 Å². The Kier molecular flexibility index (Phi) is 11.6. The van der Waals surface area contributed by atoms with Crippen LogP contribution in [0.2, 0.25) is 0 Å². The molecule has 0 unspecified atom stereocenters. The van der Waals surface area contributed by atoms with Gasteiger partial charge in [0.05, 0.1) is 6.54 Å². The van der Waals surface area contributed by atoms with E-state index in [4.69, 9.17) is 0 Å². The van der Waals surface area contributed by atoms with Gasteiger partial charge < -0.3 is 15.4 Å². The van der Waals surface area contributed by atoms with Crippen molar-refractivity contribution in [2.24, 2.45) is 4.99 Å². The SMILES string of the molecule is CCNC(=NCc1ccsc1)NCCCOCC(F)(F)F.I. The molecule has 9 heteroatoms. The van der Waals surface area contributed by atoms with E-state index < -0.39 is 12.8 Å². The standard InChI is InChI=1S/C13H20F3N3OS.HI/c1-2-17-12(19-8-11-4-7-21-9-11)18-5-3-6-20-10-13(14,15)16;/h4,7,9H,2-3,5-6,8,10H2,1H3,(H2,17,18,19);1H. The van der Waals surface area contributed by atoms with Gasteiger partial charge in [-0.25, -0.2) is 4.99 Å². The normalized spacial score (nSPS) is 11.9. The van der Waals surface area contributed by atoms with Crippen molar-refractivity contribution in [2.45, 2.75) is 26.1 Å². The highest BCUT2D eigenvalue weighted by Gasteiger charge is 2.27. The molecule has 2 N–H and O–H groups in total. The number of halogens is 4. The molecule has 0 atom stereocenters. The number of alkyl halides is 3. The van der Waals surface area contributed by atoms with Crippen LogP contribution in [0.5, 0.6) is 0 Å². The van der Waals surface area contributed by atoms with E-state index in [9.17, 15) is 13.2 Å². The smallest absolute Gasteiger partial charge is 0.372 e. The monoisotopic (exact) mass is 451 g/mol. The van der Waals surface area contributed by atoms with Gasteiger partial charge >= 0.3 is 6.18 Å². The summed E-state index contributed by atoms with van der Waals surface area (Å²) in [6.45, 7) is 2.63. The van der Waals surface area contributed by atoms with E-state index in [1.807, 2.05) is 23.8 Å². The second kappa shape index (κ2) is 11.9. The van der Waals surface area contributed by atoms with Gasteiger partial charge in [0.1, 0.15) is 6.61 Å². The van der Waals surface area contributed by atoms with E-state index in [0.29, 0.717) is 25.5 Å². The Morgan fingerprint density at radius 1 is 1.36 bits per heavy atom. The van der Waals surface area contributed by atoms with Gasteiger partial charge in [-0.3, -0.25) is 0 Å². The summed E-state index contributed by atoms with van der Waals surface area (Å²) >= 11 is 1.61. The molecule has 0 aliphatic rings. The summed E-state index contributed by atoms with van der Waals surface area (Å²) in [5.41, 5.74) is 1.13. The van der Waals surface area contributed by atoms with Gasteiger partial charge in [-0.1, -0.05) is 0 Å². The third-order valence-corrected chi connectivity index (χ3v) is 3.10. The average molecular weight is 451 g/mol. The Morgan fingerprint density at radius 3 is 2.73 bits per heavy atom. The number of hydrogen-bond acceptors (Lipinski definition) is 3. The fraction of sp³-hybridized carbons (Fsp3) is 0.615. The van der Waals surface area contributed by atoms with Crippen LogP contribution in [0.3, 0.4) is 0 Å². The van der Waals surface area contributed by atoms with E-state index in [-0.39, 0.29) is 30.6 Å². The first kappa shape index (κ1) is 21.4. The Labute approximate surface area is 149 Å². The van der Waals surface area contributed by atoms with Crippen molar-refractivity contribution in [1.29, 1.82) is 0 Å². The van der Waals surface area contributed by atoms with Crippen LogP contribution in [-0.2, 0) is 11.3 Å². The lowest BCUT2D eigenvalue weighted by Gasteiger charge is -2.11. The zero-order valence-electron chi connectivity index (χ0n) is 12.3. The Balaban J connectivity index is 0.00000441. The fourth-order valence-corrected chi connectivity index (χ4v) is 2.12. The molecule has 0 aliphatic carbocycles. The number of nitrogens with zero attached hydrogens (tertiary/aromatic N) is 1. The molecule has 128 valence electrons. The van der Waals surface area contributed by atoms with Crippen LogP contribution in [0.15, 0.2) is 21.8 Å². The van der Waals surface area contributed by atoms with Crippen molar-refractivity contribution in [3.8, 4) is 0 Å². The first-order valence-corrected chi connectivity index (χ1v) is 7.63. The van der Waals surface area contributed by atoms with E-state index in [1.165, 1.54) is 0 Å². The van der Waals surface area contributed by atoms with E-state index in [1.54, 1.807) is 11.3 Å². The van der Waals surface area contributed by atoms with Gasteiger partial charge in [-0.15, -0.1) is 24.0 Å². The van der Waals surface area contributed by atoms with Gasteiger partial charge in [-0.2, -0.15) is 24.5 Å². The largest absolute Gasteiger partial charge is 0.411 e. The van der Waals surface area contributed by atoms with Gasteiger partial charge in [-0.05, 0) is 35.7 Å². The third kappa shape index (κ3) is 11.1. The third-order valence-electron chi connectivity index (χ3n) is 2.37. The second-order valence-corrected chi connectivity index (χ2v) is 5.05. The maximum Gasteiger partial charge on any atom is 0.411 e. The predicted octanol–water partition coefficient (Wildman–Crippen LogP) is 3.39. The van der Waals surface area contributed by atoms with Crippen LogP contribution in [0.1, 0.15) is 18.9 Å².